The molecule has 24 heavy (non-hydrogen) atoms. The Bertz CT molecular complexity index is 747. The fourth-order valence-electron chi connectivity index (χ4n) is 2.22. The lowest BCUT2D eigenvalue weighted by Gasteiger charge is -2.14. The number of halogens is 1. The number of rotatable bonds is 6. The van der Waals surface area contributed by atoms with Gasteiger partial charge in [-0.05, 0) is 46.1 Å². The van der Waals surface area contributed by atoms with Crippen molar-refractivity contribution in [2.75, 3.05) is 27.2 Å². The molecule has 0 aliphatic rings. The summed E-state index contributed by atoms with van der Waals surface area (Å²) in [7, 11) is 3.82. The minimum absolute atomic E-state index is 0.00398. The first-order chi connectivity index (χ1) is 11.3. The fourth-order valence-corrected chi connectivity index (χ4v) is 2.47. The van der Waals surface area contributed by atoms with Gasteiger partial charge in [-0.25, -0.2) is 4.98 Å². The fraction of sp³-hybridized carbons (Fsp3) is 0.412. The molecule has 2 N–H and O–H groups in total. The van der Waals surface area contributed by atoms with Crippen molar-refractivity contribution in [3.63, 3.8) is 0 Å². The molecule has 6 nitrogen and oxygen atoms in total. The number of hydrogen-bond acceptors (Lipinski definition) is 5. The van der Waals surface area contributed by atoms with Gasteiger partial charge in [-0.1, -0.05) is 11.6 Å². The molecule has 0 bridgehead atoms. The van der Waals surface area contributed by atoms with E-state index in [4.69, 9.17) is 16.3 Å². The van der Waals surface area contributed by atoms with Crippen LogP contribution in [-0.2, 0) is 0 Å². The van der Waals surface area contributed by atoms with Gasteiger partial charge in [0.2, 0.25) is 0 Å². The third kappa shape index (κ3) is 4.27. The summed E-state index contributed by atoms with van der Waals surface area (Å²) in [6.45, 7) is 4.94. The Kier molecular flexibility index (Phi) is 5.85. The molecule has 0 aliphatic carbocycles. The predicted molar refractivity (Wildman–Crippen MR) is 95.1 cm³/mol. The summed E-state index contributed by atoms with van der Waals surface area (Å²) in [5, 5.41) is 14.3. The number of amides is 1. The number of benzene rings is 1. The average Bonchev–Trinajstić information content (AvgIpc) is 2.49. The van der Waals surface area contributed by atoms with Gasteiger partial charge in [-0.2, -0.15) is 0 Å². The minimum Gasteiger partial charge on any atom is -0.505 e. The Morgan fingerprint density at radius 3 is 2.71 bits per heavy atom. The molecule has 1 aromatic heterocycles. The molecule has 0 saturated carbocycles. The van der Waals surface area contributed by atoms with E-state index < -0.39 is 5.91 Å². The van der Waals surface area contributed by atoms with E-state index in [1.807, 2.05) is 32.8 Å². The summed E-state index contributed by atoms with van der Waals surface area (Å²) in [5.74, 6) is -0.0756. The number of likely N-dealkylation sites (N-methyl/N-ethyl adjacent to an activating group) is 1. The molecule has 0 radical (unpaired) electrons. The Balaban J connectivity index is 2.37. The van der Waals surface area contributed by atoms with E-state index in [2.05, 4.69) is 10.3 Å². The van der Waals surface area contributed by atoms with E-state index in [0.29, 0.717) is 29.6 Å². The summed E-state index contributed by atoms with van der Waals surface area (Å²) in [5.41, 5.74) is -0.0899. The first kappa shape index (κ1) is 18.3. The Labute approximate surface area is 146 Å². The standard InChI is InChI=1S/C17H22ClN3O3/c1-10(2)24-11-5-6-12-13(9-11)15(22)14(20-16(12)18)17(23)19-7-8-21(3)4/h5-6,9-10,22H,7-8H2,1-4H3,(H,19,23). The van der Waals surface area contributed by atoms with Gasteiger partial charge in [-0.3, -0.25) is 4.79 Å². The molecule has 0 aliphatic heterocycles. The Hall–Kier alpha value is -2.05. The first-order valence-corrected chi connectivity index (χ1v) is 8.09. The van der Waals surface area contributed by atoms with Crippen LogP contribution in [0.5, 0.6) is 11.5 Å². The summed E-state index contributed by atoms with van der Waals surface area (Å²) < 4.78 is 5.63. The molecular weight excluding hydrogens is 330 g/mol. The summed E-state index contributed by atoms with van der Waals surface area (Å²) in [6, 6.07) is 5.14. The van der Waals surface area contributed by atoms with Crippen LogP contribution in [0.1, 0.15) is 24.3 Å². The average molecular weight is 352 g/mol. The smallest absolute Gasteiger partial charge is 0.273 e. The minimum atomic E-state index is -0.465. The first-order valence-electron chi connectivity index (χ1n) is 7.71. The van der Waals surface area contributed by atoms with E-state index in [9.17, 15) is 9.90 Å². The number of pyridine rings is 1. The maximum atomic E-state index is 12.3. The topological polar surface area (TPSA) is 74.7 Å². The SMILES string of the molecule is CC(C)Oc1ccc2c(Cl)nc(C(=O)NCCN(C)C)c(O)c2c1. The number of nitrogens with zero attached hydrogens (tertiary/aromatic N) is 2. The molecule has 0 unspecified atom stereocenters. The van der Waals surface area contributed by atoms with Gasteiger partial charge in [-0.15, -0.1) is 0 Å². The molecule has 2 rings (SSSR count). The number of nitrogens with one attached hydrogen (secondary N) is 1. The molecule has 1 amide bonds. The second-order valence-electron chi connectivity index (χ2n) is 6.03. The van der Waals surface area contributed by atoms with Crippen molar-refractivity contribution in [3.8, 4) is 11.5 Å². The highest BCUT2D eigenvalue weighted by atomic mass is 35.5. The maximum absolute atomic E-state index is 12.3. The van der Waals surface area contributed by atoms with Crippen LogP contribution >= 0.6 is 11.6 Å². The summed E-state index contributed by atoms with van der Waals surface area (Å²) >= 11 is 6.17. The molecule has 0 saturated heterocycles. The van der Waals surface area contributed by atoms with Gasteiger partial charge < -0.3 is 20.1 Å². The van der Waals surface area contributed by atoms with Crippen LogP contribution < -0.4 is 10.1 Å². The number of fused-ring (bicyclic) bond motifs is 1. The van der Waals surface area contributed by atoms with Crippen molar-refractivity contribution >= 4 is 28.3 Å². The van der Waals surface area contributed by atoms with Gasteiger partial charge in [0.05, 0.1) is 6.10 Å². The van der Waals surface area contributed by atoms with Crippen molar-refractivity contribution in [3.05, 3.63) is 29.0 Å². The van der Waals surface area contributed by atoms with Crippen LogP contribution in [-0.4, -0.2) is 54.2 Å². The largest absolute Gasteiger partial charge is 0.505 e. The molecule has 130 valence electrons. The number of carbonyl (C=O) groups excluding carboxylic acids is 1. The highest BCUT2D eigenvalue weighted by molar-refractivity contribution is 6.35. The lowest BCUT2D eigenvalue weighted by atomic mass is 10.1. The van der Waals surface area contributed by atoms with Crippen LogP contribution in [0.4, 0.5) is 0 Å². The molecular formula is C17H22ClN3O3. The number of aromatic hydroxyl groups is 1. The molecule has 1 aromatic carbocycles. The van der Waals surface area contributed by atoms with Crippen molar-refractivity contribution in [1.82, 2.24) is 15.2 Å². The van der Waals surface area contributed by atoms with Gasteiger partial charge in [0.25, 0.3) is 5.91 Å². The molecule has 0 spiro atoms. The van der Waals surface area contributed by atoms with Crippen LogP contribution in [0, 0.1) is 0 Å². The van der Waals surface area contributed by atoms with Crippen LogP contribution in [0.25, 0.3) is 10.8 Å². The van der Waals surface area contributed by atoms with Gasteiger partial charge in [0.15, 0.2) is 11.4 Å². The van der Waals surface area contributed by atoms with E-state index in [0.717, 1.165) is 0 Å². The third-order valence-electron chi connectivity index (χ3n) is 3.33. The van der Waals surface area contributed by atoms with Crippen LogP contribution in [0.3, 0.4) is 0 Å². The maximum Gasteiger partial charge on any atom is 0.273 e. The molecule has 0 fully saturated rings. The molecule has 1 heterocycles. The quantitative estimate of drug-likeness (QED) is 0.783. The summed E-state index contributed by atoms with van der Waals surface area (Å²) in [4.78, 5) is 18.2. The van der Waals surface area contributed by atoms with Gasteiger partial charge in [0.1, 0.15) is 10.9 Å². The lowest BCUT2D eigenvalue weighted by molar-refractivity contribution is 0.0943. The van der Waals surface area contributed by atoms with Gasteiger partial charge >= 0.3 is 0 Å². The van der Waals surface area contributed by atoms with E-state index in [1.54, 1.807) is 18.2 Å². The number of aromatic nitrogens is 1. The second-order valence-corrected chi connectivity index (χ2v) is 6.39. The van der Waals surface area contributed by atoms with E-state index in [-0.39, 0.29) is 22.7 Å². The predicted octanol–water partition coefficient (Wildman–Crippen LogP) is 2.67. The Morgan fingerprint density at radius 2 is 2.08 bits per heavy atom. The monoisotopic (exact) mass is 351 g/mol. The van der Waals surface area contributed by atoms with E-state index >= 15 is 0 Å². The Morgan fingerprint density at radius 1 is 1.38 bits per heavy atom. The number of carbonyl (C=O) groups is 1. The molecule has 0 atom stereocenters. The molecule has 7 heteroatoms. The highest BCUT2D eigenvalue weighted by Gasteiger charge is 2.19. The van der Waals surface area contributed by atoms with Crippen LogP contribution in [0.2, 0.25) is 5.15 Å². The van der Waals surface area contributed by atoms with Crippen molar-refractivity contribution < 1.29 is 14.6 Å². The van der Waals surface area contributed by atoms with Crippen LogP contribution in [0.15, 0.2) is 18.2 Å². The second kappa shape index (κ2) is 7.68. The highest BCUT2D eigenvalue weighted by Crippen LogP contribution is 2.34. The van der Waals surface area contributed by atoms with Crippen molar-refractivity contribution in [1.29, 1.82) is 0 Å². The zero-order valence-electron chi connectivity index (χ0n) is 14.3. The zero-order valence-corrected chi connectivity index (χ0v) is 15.0. The van der Waals surface area contributed by atoms with E-state index in [1.165, 1.54) is 0 Å². The normalized spacial score (nSPS) is 11.3. The van der Waals surface area contributed by atoms with Gasteiger partial charge in [0, 0.05) is 23.9 Å². The third-order valence-corrected chi connectivity index (χ3v) is 3.62. The van der Waals surface area contributed by atoms with Crippen molar-refractivity contribution in [2.45, 2.75) is 20.0 Å². The zero-order chi connectivity index (χ0) is 17.9. The molecule has 2 aromatic rings. The summed E-state index contributed by atoms with van der Waals surface area (Å²) in [6.07, 6.45) is -0.00398. The number of hydrogen-bond donors (Lipinski definition) is 2. The number of ether oxygens (including phenoxy) is 1. The van der Waals surface area contributed by atoms with Crippen molar-refractivity contribution in [2.24, 2.45) is 0 Å². The lowest BCUT2D eigenvalue weighted by Crippen LogP contribution is -2.31.